The summed E-state index contributed by atoms with van der Waals surface area (Å²) in [5, 5.41) is 63.7. The molecule has 2 unspecified atom stereocenters. The Labute approximate surface area is 705 Å². The minimum Gasteiger partial charge on any atom is -0.480 e. The zero-order valence-corrected chi connectivity index (χ0v) is 69.8. The zero-order valence-electron chi connectivity index (χ0n) is 68.2. The van der Waals surface area contributed by atoms with E-state index in [1.165, 1.54) is 22.3 Å². The lowest BCUT2D eigenvalue weighted by molar-refractivity contribution is -0.142. The van der Waals surface area contributed by atoms with Crippen molar-refractivity contribution in [1.82, 2.24) is 94.2 Å². The number of ether oxygens (including phenoxy) is 1. The molecule has 39 nitrogen and oxygen atoms in total. The number of carbonyl (C=O) groups excluding carboxylic acids is 14. The fourth-order valence-electron chi connectivity index (χ4n) is 15.4. The molecule has 4 saturated heterocycles. The topological polar surface area (TPSA) is 589 Å². The van der Waals surface area contributed by atoms with Gasteiger partial charge in [-0.3, -0.25) is 73.1 Å². The molecule has 2 aromatic rings. The second-order valence-electron chi connectivity index (χ2n) is 31.4. The number of nitrogens with zero attached hydrogens (tertiary/aromatic N) is 3. The van der Waals surface area contributed by atoms with E-state index in [0.29, 0.717) is 43.1 Å². The number of benzene rings is 1. The molecule has 6 aliphatic rings. The van der Waals surface area contributed by atoms with Crippen molar-refractivity contribution in [2.45, 2.75) is 241 Å². The average Bonchev–Trinajstić information content (AvgIpc) is 1.62. The smallest absolute Gasteiger partial charge is 0.407 e. The molecule has 4 aliphatic heterocycles. The van der Waals surface area contributed by atoms with Gasteiger partial charge in [0, 0.05) is 82.5 Å². The summed E-state index contributed by atoms with van der Waals surface area (Å²) < 4.78 is 5.62. The van der Waals surface area contributed by atoms with Crippen LogP contribution in [0.3, 0.4) is 0 Å². The number of hydrogen-bond acceptors (Lipinski definition) is 21. The van der Waals surface area contributed by atoms with Crippen LogP contribution in [0.25, 0.3) is 0 Å². The van der Waals surface area contributed by atoms with Crippen LogP contribution < -0.4 is 85.9 Å². The number of guanidine groups is 2. The van der Waals surface area contributed by atoms with Crippen LogP contribution >= 0.6 is 21.6 Å². The number of nitrogens with one attached hydrogen (secondary N) is 17. The number of unbranched alkanes of at least 4 members (excludes halogenated alkanes) is 2. The normalized spacial score (nSPS) is 24.1. The Morgan fingerprint density at radius 1 is 0.650 bits per heavy atom. The van der Waals surface area contributed by atoms with Crippen molar-refractivity contribution in [1.29, 1.82) is 10.8 Å². The van der Waals surface area contributed by atoms with Crippen LogP contribution in [0.2, 0.25) is 0 Å². The van der Waals surface area contributed by atoms with E-state index in [1.807, 2.05) is 6.92 Å². The minimum absolute atomic E-state index is 0.0317. The van der Waals surface area contributed by atoms with Crippen molar-refractivity contribution in [3.63, 3.8) is 0 Å². The standard InChI is InChI=1S/C79H118N22O17S2/c1-4-5-23-52-67(106)98-60(72(111)97-58(76(115)116)37-46-19-9-8-10-20-46)43-120-119-42-59(99-69(108)56(36-45(2)3)95-66(105)53(25-15-32-85-77(80)81)93-74(113)62-28-18-35-101(62)75(114)55(26-16-33-86-78(82)83)94-68(107)54-29-30-63(102)90-54)71(110)96-57(38-47-39-84-44-89-47)70(109)91-51(65(104)88-40-64(103)100-34-17-27-61(100)73(112)92-52)24-13-14-31-87-79(117)118-41-50-48-21-11-6-7-12-22-49(48)50/h8-10,19-20,39,44-45,48-62H,4-5,11-18,21-38,40-43H2,1-3H3,(H,84,89)(H,87,117)(H,88,104)(H,90,102)(H,91,109)(H,92,112)(H,93,113)(H,94,107)(H,95,105)(H,96,110)(H,97,111)(H,98,106)(H,99,108)(H,115,116)(H4,80,81,85)(H4,82,83,86)/t48?,49?,50?,51-,52-,53-,54-,55-,56-,57-,58-,59-,60-,61-,62-/m0/s1. The van der Waals surface area contributed by atoms with Gasteiger partial charge in [-0.1, -0.05) is 85.5 Å². The predicted molar refractivity (Wildman–Crippen MR) is 443 cm³/mol. The summed E-state index contributed by atoms with van der Waals surface area (Å²) in [4.78, 5) is 224. The number of aliphatic carboxylic acids is 1. The molecule has 120 heavy (non-hydrogen) atoms. The fraction of sp³-hybridized carbons (Fsp3) is 0.646. The Bertz CT molecular complexity index is 3970. The largest absolute Gasteiger partial charge is 0.480 e. The van der Waals surface area contributed by atoms with E-state index in [0.717, 1.165) is 47.3 Å². The third-order valence-corrected chi connectivity index (χ3v) is 24.3. The molecule has 14 atom stereocenters. The van der Waals surface area contributed by atoms with Gasteiger partial charge in [0.05, 0.1) is 25.2 Å². The van der Waals surface area contributed by atoms with Crippen LogP contribution in [-0.4, -0.2) is 256 Å². The Hall–Kier alpha value is -10.9. The van der Waals surface area contributed by atoms with Crippen molar-refractivity contribution >= 4 is 122 Å². The van der Waals surface area contributed by atoms with Gasteiger partial charge < -0.3 is 111 Å². The van der Waals surface area contributed by atoms with Crippen LogP contribution in [0, 0.1) is 46.3 Å². The van der Waals surface area contributed by atoms with Gasteiger partial charge in [0.25, 0.3) is 0 Å². The number of aromatic amines is 1. The first-order valence-corrected chi connectivity index (χ1v) is 44.0. The third kappa shape index (κ3) is 30.4. The Morgan fingerprint density at radius 3 is 1.93 bits per heavy atom. The van der Waals surface area contributed by atoms with Crippen LogP contribution in [0.15, 0.2) is 42.9 Å². The highest BCUT2D eigenvalue weighted by Gasteiger charge is 2.50. The monoisotopic (exact) mass is 1710 g/mol. The molecule has 0 spiro atoms. The molecular formula is C79H118N22O17S2. The van der Waals surface area contributed by atoms with Crippen LogP contribution in [0.5, 0.6) is 0 Å². The number of carboxylic acids is 1. The number of amides is 14. The first-order chi connectivity index (χ1) is 57.6. The van der Waals surface area contributed by atoms with Gasteiger partial charge in [-0.25, -0.2) is 14.6 Å². The molecule has 14 amide bonds. The number of rotatable bonds is 36. The number of imidazole rings is 1. The highest BCUT2D eigenvalue weighted by atomic mass is 33.1. The lowest BCUT2D eigenvalue weighted by Crippen LogP contribution is -2.61. The molecular weight excluding hydrogens is 1590 g/mol. The number of H-pyrrole nitrogens is 1. The van der Waals surface area contributed by atoms with E-state index in [9.17, 15) is 57.8 Å². The Morgan fingerprint density at radius 2 is 1.27 bits per heavy atom. The van der Waals surface area contributed by atoms with Crippen molar-refractivity contribution in [2.75, 3.05) is 57.4 Å². The molecule has 8 rings (SSSR count). The first kappa shape index (κ1) is 94.6. The number of alkyl carbamates (subject to hydrolysis) is 1. The first-order valence-electron chi connectivity index (χ1n) is 41.5. The Kier molecular flexibility index (Phi) is 38.1. The van der Waals surface area contributed by atoms with Crippen molar-refractivity contribution in [3.05, 3.63) is 54.1 Å². The fourth-order valence-corrected chi connectivity index (χ4v) is 17.7. The van der Waals surface area contributed by atoms with Gasteiger partial charge in [-0.2, -0.15) is 0 Å². The second-order valence-corrected chi connectivity index (χ2v) is 34.0. The minimum atomic E-state index is -1.68. The summed E-state index contributed by atoms with van der Waals surface area (Å²) in [6, 6.07) is -7.98. The summed E-state index contributed by atoms with van der Waals surface area (Å²) in [5.74, 6) is -5.89. The van der Waals surface area contributed by atoms with Crippen LogP contribution in [0.4, 0.5) is 4.79 Å². The Balaban J connectivity index is 1.08. The molecule has 2 aliphatic carbocycles. The molecule has 0 radical (unpaired) electrons. The molecule has 1 saturated carbocycles. The maximum atomic E-state index is 15.4. The van der Waals surface area contributed by atoms with Gasteiger partial charge in [0.2, 0.25) is 76.8 Å². The van der Waals surface area contributed by atoms with E-state index < -0.39 is 168 Å². The molecule has 1 aromatic heterocycles. The van der Waals surface area contributed by atoms with Crippen molar-refractivity contribution < 1.29 is 81.8 Å². The number of nitrogens with two attached hydrogens (primary N) is 2. The second kappa shape index (κ2) is 48.4. The van der Waals surface area contributed by atoms with E-state index in [1.54, 1.807) is 44.2 Å². The highest BCUT2D eigenvalue weighted by Crippen LogP contribution is 2.52. The van der Waals surface area contributed by atoms with E-state index in [2.05, 4.69) is 96.2 Å². The maximum Gasteiger partial charge on any atom is 0.407 e. The summed E-state index contributed by atoms with van der Waals surface area (Å²) in [7, 11) is 1.81. The molecule has 22 N–H and O–H groups in total. The molecule has 41 heteroatoms. The highest BCUT2D eigenvalue weighted by molar-refractivity contribution is 8.76. The van der Waals surface area contributed by atoms with E-state index >= 15 is 19.2 Å². The molecule has 1 aromatic carbocycles. The van der Waals surface area contributed by atoms with Gasteiger partial charge in [-0.05, 0) is 132 Å². The van der Waals surface area contributed by atoms with Gasteiger partial charge in [-0.15, -0.1) is 11.8 Å². The number of hydrogen-bond donors (Lipinski definition) is 20. The summed E-state index contributed by atoms with van der Waals surface area (Å²) in [6.45, 7) is 5.42. The van der Waals surface area contributed by atoms with E-state index in [-0.39, 0.29) is 177 Å². The molecule has 5 fully saturated rings. The summed E-state index contributed by atoms with van der Waals surface area (Å²) >= 11 is 0. The van der Waals surface area contributed by atoms with E-state index in [4.69, 9.17) is 27.0 Å². The lowest BCUT2D eigenvalue weighted by Gasteiger charge is -2.31. The third-order valence-electron chi connectivity index (χ3n) is 21.9. The van der Waals surface area contributed by atoms with Gasteiger partial charge >= 0.3 is 12.1 Å². The number of carboxylic acid groups (broad SMARTS) is 1. The number of fused-ring (bicyclic) bond motifs is 2. The predicted octanol–water partition coefficient (Wildman–Crippen LogP) is -1.49. The maximum absolute atomic E-state index is 15.4. The number of aromatic nitrogens is 2. The van der Waals surface area contributed by atoms with Crippen LogP contribution in [-0.2, 0) is 84.7 Å². The van der Waals surface area contributed by atoms with Gasteiger partial charge in [0.1, 0.15) is 72.5 Å². The number of carbonyl (C=O) groups is 15. The van der Waals surface area contributed by atoms with Crippen molar-refractivity contribution in [3.8, 4) is 11.8 Å². The number of likely N-dealkylation sites (tertiary alicyclic amines) is 1. The van der Waals surface area contributed by atoms with Gasteiger partial charge in [0.15, 0.2) is 11.9 Å². The van der Waals surface area contributed by atoms with Crippen molar-refractivity contribution in [2.24, 2.45) is 35.1 Å². The summed E-state index contributed by atoms with van der Waals surface area (Å²) in [6.07, 6.45) is 7.98. The van der Waals surface area contributed by atoms with Crippen LogP contribution in [0.1, 0.15) is 167 Å². The quantitative estimate of drug-likeness (QED) is 0.0122. The zero-order chi connectivity index (χ0) is 86.8. The average molecular weight is 1710 g/mol. The molecule has 5 heterocycles. The summed E-state index contributed by atoms with van der Waals surface area (Å²) in [5.41, 5.74) is 11.9. The molecule has 0 bridgehead atoms. The SMILES string of the molecule is CCCC[C@@H]1NC(=O)[C@@H]2CCCN2C(=O)CNC(=O)[C@H](CCCCNC(=O)OCC2C3CCC#CCCC32)NC(=O)[C@H](Cc2c[nH]cn2)NC(=O)[C@@H](NC(=O)[C@H](CC(C)C)NC(=O)[C@H](CCCNC(=N)N)NC(=O)[C@@H]2CCCN2C(=O)[C@H](CCCNC(=N)N)NC(=O)[C@@H]2CCC(=O)N2)CSSC[C@@H](C(=O)N[C@@H](Cc2ccccc2)C(=O)O)NC1=O. The molecule has 658 valence electrons. The lowest BCUT2D eigenvalue weighted by atomic mass is 10.0.